The highest BCUT2D eigenvalue weighted by molar-refractivity contribution is 14.1. The normalized spacial score (nSPS) is 10.6. The molecule has 0 saturated heterocycles. The number of halogens is 1. The molecule has 2 rings (SSSR count). The molecule has 0 aliphatic carbocycles. The smallest absolute Gasteiger partial charge is 0.311 e. The Kier molecular flexibility index (Phi) is 4.48. The van der Waals surface area contributed by atoms with E-state index in [1.165, 1.54) is 6.20 Å². The first kappa shape index (κ1) is 13.9. The Hall–Kier alpha value is -1.48. The number of pyridine rings is 1. The van der Waals surface area contributed by atoms with Crippen LogP contribution < -0.4 is 5.32 Å². The average Bonchev–Trinajstić information content (AvgIpc) is 2.38. The molecule has 2 aromatic rings. The number of rotatable bonds is 5. The van der Waals surface area contributed by atoms with Crippen molar-refractivity contribution in [3.63, 3.8) is 0 Å². The third kappa shape index (κ3) is 3.10. The maximum atomic E-state index is 11.1. The summed E-state index contributed by atoms with van der Waals surface area (Å²) < 4.78 is 0.984. The van der Waals surface area contributed by atoms with E-state index in [4.69, 9.17) is 5.11 Å². The van der Waals surface area contributed by atoms with Crippen LogP contribution in [0.25, 0.3) is 10.9 Å². The second-order valence-corrected chi connectivity index (χ2v) is 5.19. The molecular weight excluding hydrogens is 361 g/mol. The molecule has 0 saturated carbocycles. The number of benzene rings is 1. The predicted molar refractivity (Wildman–Crippen MR) is 81.3 cm³/mol. The summed E-state index contributed by atoms with van der Waals surface area (Å²) in [6, 6.07) is 5.59. The Morgan fingerprint density at radius 3 is 2.95 bits per heavy atom. The fourth-order valence-corrected chi connectivity index (χ4v) is 2.26. The first-order chi connectivity index (χ1) is 9.13. The van der Waals surface area contributed by atoms with Crippen molar-refractivity contribution in [3.05, 3.63) is 38.1 Å². The van der Waals surface area contributed by atoms with E-state index in [0.717, 1.165) is 8.96 Å². The molecule has 100 valence electrons. The zero-order valence-electron chi connectivity index (χ0n) is 9.97. The van der Waals surface area contributed by atoms with Gasteiger partial charge in [0.25, 0.3) is 0 Å². The van der Waals surface area contributed by atoms with Crippen LogP contribution in [0.1, 0.15) is 6.42 Å². The molecule has 0 amide bonds. The lowest BCUT2D eigenvalue weighted by atomic mass is 10.1. The predicted octanol–water partition coefficient (Wildman–Crippen LogP) is 2.54. The van der Waals surface area contributed by atoms with Gasteiger partial charge in [0.15, 0.2) is 0 Å². The van der Waals surface area contributed by atoms with Crippen LogP contribution >= 0.6 is 22.6 Å². The Balaban J connectivity index is 2.54. The van der Waals surface area contributed by atoms with E-state index in [1.807, 2.05) is 18.2 Å². The highest BCUT2D eigenvalue weighted by Crippen LogP contribution is 2.32. The number of nitrogens with one attached hydrogen (secondary N) is 1. The van der Waals surface area contributed by atoms with Gasteiger partial charge in [-0.15, -0.1) is 0 Å². The van der Waals surface area contributed by atoms with Crippen LogP contribution in [0.2, 0.25) is 0 Å². The number of aliphatic hydroxyl groups is 1. The van der Waals surface area contributed by atoms with Crippen LogP contribution in [-0.2, 0) is 0 Å². The maximum absolute atomic E-state index is 11.1. The number of aromatic nitrogens is 1. The first-order valence-corrected chi connectivity index (χ1v) is 6.78. The van der Waals surface area contributed by atoms with Crippen LogP contribution in [0.5, 0.6) is 0 Å². The molecule has 0 atom stereocenters. The molecule has 1 aromatic carbocycles. The largest absolute Gasteiger partial charge is 0.396 e. The molecular formula is C12H12IN3O3. The van der Waals surface area contributed by atoms with Gasteiger partial charge in [0, 0.05) is 22.1 Å². The van der Waals surface area contributed by atoms with Crippen molar-refractivity contribution in [2.45, 2.75) is 6.42 Å². The molecule has 2 N–H and O–H groups in total. The minimum absolute atomic E-state index is 0.0430. The van der Waals surface area contributed by atoms with Crippen LogP contribution in [0, 0.1) is 13.7 Å². The minimum atomic E-state index is -0.451. The van der Waals surface area contributed by atoms with Crippen molar-refractivity contribution in [1.29, 1.82) is 0 Å². The second-order valence-electron chi connectivity index (χ2n) is 3.94. The summed E-state index contributed by atoms with van der Waals surface area (Å²) in [7, 11) is 0. The number of anilines is 1. The van der Waals surface area contributed by atoms with E-state index in [2.05, 4.69) is 32.9 Å². The van der Waals surface area contributed by atoms with Crippen molar-refractivity contribution in [1.82, 2.24) is 4.98 Å². The van der Waals surface area contributed by atoms with Crippen molar-refractivity contribution < 1.29 is 10.0 Å². The topological polar surface area (TPSA) is 88.3 Å². The molecule has 1 heterocycles. The number of hydrogen-bond donors (Lipinski definition) is 2. The van der Waals surface area contributed by atoms with Gasteiger partial charge in [-0.05, 0) is 47.2 Å². The fourth-order valence-electron chi connectivity index (χ4n) is 1.77. The highest BCUT2D eigenvalue weighted by Gasteiger charge is 2.17. The third-order valence-electron chi connectivity index (χ3n) is 2.64. The van der Waals surface area contributed by atoms with Gasteiger partial charge in [-0.1, -0.05) is 0 Å². The van der Waals surface area contributed by atoms with Crippen LogP contribution in [0.4, 0.5) is 11.4 Å². The van der Waals surface area contributed by atoms with Gasteiger partial charge >= 0.3 is 5.69 Å². The Morgan fingerprint density at radius 2 is 2.26 bits per heavy atom. The van der Waals surface area contributed by atoms with Crippen LogP contribution in [0.15, 0.2) is 24.4 Å². The fraction of sp³-hybridized carbons (Fsp3) is 0.250. The first-order valence-electron chi connectivity index (χ1n) is 5.71. The third-order valence-corrected chi connectivity index (χ3v) is 3.31. The van der Waals surface area contributed by atoms with Gasteiger partial charge in [-0.3, -0.25) is 10.1 Å². The zero-order chi connectivity index (χ0) is 13.8. The SMILES string of the molecule is O=[N+]([O-])c1cnc2ccc(I)cc2c1NCCCO. The van der Waals surface area contributed by atoms with Gasteiger partial charge in [0.1, 0.15) is 11.9 Å². The van der Waals surface area contributed by atoms with Gasteiger partial charge in [-0.25, -0.2) is 4.98 Å². The van der Waals surface area contributed by atoms with Gasteiger partial charge in [-0.2, -0.15) is 0 Å². The Morgan fingerprint density at radius 1 is 1.47 bits per heavy atom. The van der Waals surface area contributed by atoms with E-state index in [-0.39, 0.29) is 12.3 Å². The van der Waals surface area contributed by atoms with E-state index < -0.39 is 4.92 Å². The van der Waals surface area contributed by atoms with Crippen molar-refractivity contribution in [3.8, 4) is 0 Å². The lowest BCUT2D eigenvalue weighted by Crippen LogP contribution is -2.07. The van der Waals surface area contributed by atoms with E-state index in [9.17, 15) is 10.1 Å². The van der Waals surface area contributed by atoms with Crippen LogP contribution in [0.3, 0.4) is 0 Å². The number of aliphatic hydroxyl groups excluding tert-OH is 1. The van der Waals surface area contributed by atoms with E-state index in [0.29, 0.717) is 24.2 Å². The molecule has 0 unspecified atom stereocenters. The lowest BCUT2D eigenvalue weighted by molar-refractivity contribution is -0.384. The highest BCUT2D eigenvalue weighted by atomic mass is 127. The molecule has 0 aliphatic heterocycles. The van der Waals surface area contributed by atoms with Gasteiger partial charge in [0.2, 0.25) is 0 Å². The molecule has 6 nitrogen and oxygen atoms in total. The van der Waals surface area contributed by atoms with Crippen molar-refractivity contribution in [2.24, 2.45) is 0 Å². The average molecular weight is 373 g/mol. The summed E-state index contributed by atoms with van der Waals surface area (Å²) in [5.41, 5.74) is 1.12. The molecule has 0 fully saturated rings. The van der Waals surface area contributed by atoms with E-state index >= 15 is 0 Å². The zero-order valence-corrected chi connectivity index (χ0v) is 12.1. The van der Waals surface area contributed by atoms with Crippen molar-refractivity contribution >= 4 is 44.9 Å². The quantitative estimate of drug-likeness (QED) is 0.364. The Bertz CT molecular complexity index is 618. The van der Waals surface area contributed by atoms with Gasteiger partial charge < -0.3 is 10.4 Å². The molecule has 7 heteroatoms. The van der Waals surface area contributed by atoms with Gasteiger partial charge in [0.05, 0.1) is 10.4 Å². The lowest BCUT2D eigenvalue weighted by Gasteiger charge is -2.09. The monoisotopic (exact) mass is 373 g/mol. The minimum Gasteiger partial charge on any atom is -0.396 e. The molecule has 0 aliphatic rings. The standard InChI is InChI=1S/C12H12IN3O3/c13-8-2-3-10-9(6-8)12(14-4-1-5-17)11(7-15-10)16(18)19/h2-3,6-7,17H,1,4-5H2,(H,14,15). The maximum Gasteiger partial charge on any atom is 0.311 e. The summed E-state index contributed by atoms with van der Waals surface area (Å²) in [6.07, 6.45) is 1.79. The summed E-state index contributed by atoms with van der Waals surface area (Å²) >= 11 is 2.15. The molecule has 1 aromatic heterocycles. The number of fused-ring (bicyclic) bond motifs is 1. The number of hydrogen-bond acceptors (Lipinski definition) is 5. The van der Waals surface area contributed by atoms with Crippen LogP contribution in [-0.4, -0.2) is 28.2 Å². The molecule has 19 heavy (non-hydrogen) atoms. The number of nitro groups is 1. The summed E-state index contributed by atoms with van der Waals surface area (Å²) in [6.45, 7) is 0.517. The van der Waals surface area contributed by atoms with E-state index in [1.54, 1.807) is 0 Å². The summed E-state index contributed by atoms with van der Waals surface area (Å²) in [4.78, 5) is 14.7. The van der Waals surface area contributed by atoms with Crippen molar-refractivity contribution in [2.75, 3.05) is 18.5 Å². The molecule has 0 bridgehead atoms. The molecule has 0 spiro atoms. The summed E-state index contributed by atoms with van der Waals surface area (Å²) in [5, 5.41) is 23.6. The number of nitrogens with zero attached hydrogens (tertiary/aromatic N) is 2. The summed E-state index contributed by atoms with van der Waals surface area (Å²) in [5.74, 6) is 0. The Labute approximate surface area is 123 Å². The molecule has 0 radical (unpaired) electrons. The second kappa shape index (κ2) is 6.11.